The number of nitrogens with zero attached hydrogens (tertiary/aromatic N) is 2. The summed E-state index contributed by atoms with van der Waals surface area (Å²) in [5, 5.41) is 6.16. The van der Waals surface area contributed by atoms with E-state index in [0.717, 1.165) is 24.3 Å². The van der Waals surface area contributed by atoms with E-state index in [0.29, 0.717) is 6.54 Å². The molecule has 1 N–H and O–H groups in total. The van der Waals surface area contributed by atoms with Crippen LogP contribution in [0.5, 0.6) is 0 Å². The molecule has 1 fully saturated rings. The number of aromatic nitrogens is 1. The average Bonchev–Trinajstić information content (AvgIpc) is 3.02. The maximum atomic E-state index is 12.3. The van der Waals surface area contributed by atoms with Gasteiger partial charge in [0.2, 0.25) is 0 Å². The Balaban J connectivity index is 1.84. The summed E-state index contributed by atoms with van der Waals surface area (Å²) in [7, 11) is 3.56. The molecule has 2 rings (SSSR count). The Labute approximate surface area is 130 Å². The molecule has 5 nitrogen and oxygen atoms in total. The molecule has 0 bridgehead atoms. The van der Waals surface area contributed by atoms with Crippen LogP contribution >= 0.6 is 11.3 Å². The second kappa shape index (κ2) is 7.75. The highest BCUT2D eigenvalue weighted by atomic mass is 32.1. The first kappa shape index (κ1) is 16.2. The maximum Gasteiger partial charge on any atom is 0.317 e. The summed E-state index contributed by atoms with van der Waals surface area (Å²) in [5.74, 6) is 0.255. The molecular formula is C15H25N3O2S. The lowest BCUT2D eigenvalue weighted by Gasteiger charge is -2.32. The van der Waals surface area contributed by atoms with Gasteiger partial charge in [-0.25, -0.2) is 9.78 Å². The second-order valence-electron chi connectivity index (χ2n) is 5.77. The fourth-order valence-electron chi connectivity index (χ4n) is 2.86. The SMILES string of the molecule is CO[C@@H]1CCCC[C@H]1NC(=O)N(C)C[C@@H](C)c1nccs1. The van der Waals surface area contributed by atoms with Crippen LogP contribution in [-0.2, 0) is 4.74 Å². The minimum Gasteiger partial charge on any atom is -0.379 e. The van der Waals surface area contributed by atoms with Crippen molar-refractivity contribution in [2.75, 3.05) is 20.7 Å². The molecule has 1 aliphatic rings. The number of likely N-dealkylation sites (N-methyl/N-ethyl adjacent to an activating group) is 1. The molecule has 0 aromatic carbocycles. The van der Waals surface area contributed by atoms with Crippen molar-refractivity contribution in [1.82, 2.24) is 15.2 Å². The number of hydrogen-bond donors (Lipinski definition) is 1. The highest BCUT2D eigenvalue weighted by Gasteiger charge is 2.27. The molecule has 6 heteroatoms. The van der Waals surface area contributed by atoms with E-state index in [1.165, 1.54) is 6.42 Å². The molecule has 1 saturated carbocycles. The Kier molecular flexibility index (Phi) is 5.99. The standard InChI is InChI=1S/C15H25N3O2S/c1-11(14-16-8-9-21-14)10-18(2)15(19)17-12-6-4-5-7-13(12)20-3/h8-9,11-13H,4-7,10H2,1-3H3,(H,17,19)/t11-,12-,13-/m1/s1. The van der Waals surface area contributed by atoms with Gasteiger partial charge in [-0.3, -0.25) is 0 Å². The molecule has 2 amide bonds. The number of thiazole rings is 1. The third kappa shape index (κ3) is 4.41. The molecule has 0 radical (unpaired) electrons. The Bertz CT molecular complexity index is 438. The number of ether oxygens (including phenoxy) is 1. The highest BCUT2D eigenvalue weighted by molar-refractivity contribution is 7.09. The molecule has 1 aromatic rings. The highest BCUT2D eigenvalue weighted by Crippen LogP contribution is 2.21. The van der Waals surface area contributed by atoms with Gasteiger partial charge in [0.15, 0.2) is 0 Å². The topological polar surface area (TPSA) is 54.5 Å². The summed E-state index contributed by atoms with van der Waals surface area (Å²) in [5.41, 5.74) is 0. The van der Waals surface area contributed by atoms with Gasteiger partial charge in [0.25, 0.3) is 0 Å². The van der Waals surface area contributed by atoms with Gasteiger partial charge in [-0.2, -0.15) is 0 Å². The Morgan fingerprint density at radius 3 is 3.00 bits per heavy atom. The van der Waals surface area contributed by atoms with Crippen LogP contribution in [0.25, 0.3) is 0 Å². The van der Waals surface area contributed by atoms with E-state index < -0.39 is 0 Å². The van der Waals surface area contributed by atoms with Gasteiger partial charge in [-0.15, -0.1) is 11.3 Å². The van der Waals surface area contributed by atoms with Gasteiger partial charge >= 0.3 is 6.03 Å². The smallest absolute Gasteiger partial charge is 0.317 e. The van der Waals surface area contributed by atoms with Crippen LogP contribution in [0.2, 0.25) is 0 Å². The molecule has 21 heavy (non-hydrogen) atoms. The van der Waals surface area contributed by atoms with E-state index in [1.54, 1.807) is 23.3 Å². The summed E-state index contributed by atoms with van der Waals surface area (Å²) in [4.78, 5) is 18.4. The number of hydrogen-bond acceptors (Lipinski definition) is 4. The zero-order chi connectivity index (χ0) is 15.2. The molecule has 0 saturated heterocycles. The van der Waals surface area contributed by atoms with Crippen LogP contribution in [0, 0.1) is 0 Å². The van der Waals surface area contributed by atoms with E-state index in [9.17, 15) is 4.79 Å². The molecule has 0 aliphatic heterocycles. The average molecular weight is 311 g/mol. The van der Waals surface area contributed by atoms with E-state index in [-0.39, 0.29) is 24.1 Å². The number of amides is 2. The van der Waals surface area contributed by atoms with Crippen molar-refractivity contribution < 1.29 is 9.53 Å². The Morgan fingerprint density at radius 1 is 1.57 bits per heavy atom. The molecular weight excluding hydrogens is 286 g/mol. The Morgan fingerprint density at radius 2 is 2.33 bits per heavy atom. The maximum absolute atomic E-state index is 12.3. The van der Waals surface area contributed by atoms with Gasteiger partial charge in [0.1, 0.15) is 0 Å². The van der Waals surface area contributed by atoms with Crippen molar-refractivity contribution in [3.63, 3.8) is 0 Å². The number of methoxy groups -OCH3 is 1. The summed E-state index contributed by atoms with van der Waals surface area (Å²) in [6, 6.07) is 0.112. The monoisotopic (exact) mass is 311 g/mol. The number of carbonyl (C=O) groups is 1. The number of carbonyl (C=O) groups excluding carboxylic acids is 1. The summed E-state index contributed by atoms with van der Waals surface area (Å²) in [6.07, 6.45) is 6.32. The van der Waals surface area contributed by atoms with Crippen LogP contribution in [0.3, 0.4) is 0 Å². The molecule has 0 spiro atoms. The lowest BCUT2D eigenvalue weighted by atomic mass is 9.92. The number of rotatable bonds is 5. The predicted octanol–water partition coefficient (Wildman–Crippen LogP) is 2.85. The summed E-state index contributed by atoms with van der Waals surface area (Å²) in [6.45, 7) is 2.77. The van der Waals surface area contributed by atoms with Gasteiger partial charge in [0, 0.05) is 38.2 Å². The first-order valence-electron chi connectivity index (χ1n) is 7.55. The summed E-state index contributed by atoms with van der Waals surface area (Å²) < 4.78 is 5.48. The van der Waals surface area contributed by atoms with Crippen molar-refractivity contribution in [3.05, 3.63) is 16.6 Å². The quantitative estimate of drug-likeness (QED) is 0.909. The molecule has 3 atom stereocenters. The molecule has 1 aliphatic carbocycles. The molecule has 118 valence electrons. The normalized spacial score (nSPS) is 23.6. The number of nitrogens with one attached hydrogen (secondary N) is 1. The zero-order valence-electron chi connectivity index (χ0n) is 13.0. The predicted molar refractivity (Wildman–Crippen MR) is 84.7 cm³/mol. The van der Waals surface area contributed by atoms with Crippen molar-refractivity contribution in [1.29, 1.82) is 0 Å². The van der Waals surface area contributed by atoms with E-state index in [2.05, 4.69) is 17.2 Å². The second-order valence-corrected chi connectivity index (χ2v) is 6.69. The zero-order valence-corrected chi connectivity index (χ0v) is 13.9. The van der Waals surface area contributed by atoms with Crippen molar-refractivity contribution in [2.24, 2.45) is 0 Å². The van der Waals surface area contributed by atoms with E-state index in [1.807, 2.05) is 18.6 Å². The first-order valence-corrected chi connectivity index (χ1v) is 8.43. The largest absolute Gasteiger partial charge is 0.379 e. The van der Waals surface area contributed by atoms with E-state index in [4.69, 9.17) is 4.74 Å². The lowest BCUT2D eigenvalue weighted by molar-refractivity contribution is 0.0434. The lowest BCUT2D eigenvalue weighted by Crippen LogP contribution is -2.50. The van der Waals surface area contributed by atoms with E-state index >= 15 is 0 Å². The Hall–Kier alpha value is -1.14. The van der Waals surface area contributed by atoms with Crippen LogP contribution in [0.15, 0.2) is 11.6 Å². The van der Waals surface area contributed by atoms with Crippen LogP contribution < -0.4 is 5.32 Å². The van der Waals surface area contributed by atoms with Crippen LogP contribution in [0.4, 0.5) is 4.79 Å². The van der Waals surface area contributed by atoms with Crippen molar-refractivity contribution in [2.45, 2.75) is 50.7 Å². The summed E-state index contributed by atoms with van der Waals surface area (Å²) >= 11 is 1.63. The molecule has 1 heterocycles. The fourth-order valence-corrected chi connectivity index (χ4v) is 3.55. The molecule has 0 unspecified atom stereocenters. The first-order chi connectivity index (χ1) is 10.1. The van der Waals surface area contributed by atoms with Crippen molar-refractivity contribution in [3.8, 4) is 0 Å². The minimum atomic E-state index is -0.0210. The van der Waals surface area contributed by atoms with Gasteiger partial charge < -0.3 is 15.0 Å². The number of urea groups is 1. The van der Waals surface area contributed by atoms with Crippen LogP contribution in [0.1, 0.15) is 43.5 Å². The fraction of sp³-hybridized carbons (Fsp3) is 0.733. The van der Waals surface area contributed by atoms with Crippen molar-refractivity contribution >= 4 is 17.4 Å². The van der Waals surface area contributed by atoms with Gasteiger partial charge in [-0.05, 0) is 12.8 Å². The van der Waals surface area contributed by atoms with Crippen LogP contribution in [-0.4, -0.2) is 48.8 Å². The molecule has 1 aromatic heterocycles. The van der Waals surface area contributed by atoms with Gasteiger partial charge in [-0.1, -0.05) is 19.8 Å². The third-order valence-electron chi connectivity index (χ3n) is 4.08. The third-order valence-corrected chi connectivity index (χ3v) is 5.09. The van der Waals surface area contributed by atoms with Gasteiger partial charge in [0.05, 0.1) is 17.2 Å². The minimum absolute atomic E-state index is 0.0210.